The van der Waals surface area contributed by atoms with Gasteiger partial charge in [-0.1, -0.05) is 12.2 Å². The Hall–Kier alpha value is -1.52. The average Bonchev–Trinajstić information content (AvgIpc) is 2.13. The van der Waals surface area contributed by atoms with E-state index in [1.807, 2.05) is 6.92 Å². The summed E-state index contributed by atoms with van der Waals surface area (Å²) in [7, 11) is 3.08. The van der Waals surface area contributed by atoms with Crippen molar-refractivity contribution in [2.75, 3.05) is 20.6 Å². The zero-order valence-corrected chi connectivity index (χ0v) is 9.65. The predicted molar refractivity (Wildman–Crippen MR) is 57.7 cm³/mol. The first-order valence-corrected chi connectivity index (χ1v) is 4.62. The summed E-state index contributed by atoms with van der Waals surface area (Å²) in [6.07, 6.45) is 0. The van der Waals surface area contributed by atoms with Gasteiger partial charge in [0.2, 0.25) is 0 Å². The van der Waals surface area contributed by atoms with Gasteiger partial charge < -0.3 is 14.9 Å². The van der Waals surface area contributed by atoms with Gasteiger partial charge in [-0.05, 0) is 13.8 Å². The van der Waals surface area contributed by atoms with Crippen molar-refractivity contribution >= 4 is 12.0 Å². The summed E-state index contributed by atoms with van der Waals surface area (Å²) in [5, 5.41) is 8.74. The molecule has 0 saturated carbocycles. The summed E-state index contributed by atoms with van der Waals surface area (Å²) in [6.45, 7) is 7.39. The van der Waals surface area contributed by atoms with E-state index in [4.69, 9.17) is 5.11 Å². The number of urea groups is 1. The zero-order chi connectivity index (χ0) is 12.2. The Kier molecular flexibility index (Phi) is 4.84. The number of carbonyl (C=O) groups excluding carboxylic acids is 1. The van der Waals surface area contributed by atoms with Crippen LogP contribution in [-0.4, -0.2) is 53.6 Å². The van der Waals surface area contributed by atoms with Crippen LogP contribution in [0.3, 0.4) is 0 Å². The van der Waals surface area contributed by atoms with E-state index >= 15 is 0 Å². The third-order valence-corrected chi connectivity index (χ3v) is 2.07. The molecule has 0 aliphatic carbocycles. The molecule has 1 N–H and O–H groups in total. The minimum Gasteiger partial charge on any atom is -0.480 e. The quantitative estimate of drug-likeness (QED) is 0.711. The van der Waals surface area contributed by atoms with E-state index in [-0.39, 0.29) is 6.03 Å². The second-order valence-corrected chi connectivity index (χ2v) is 3.72. The highest BCUT2D eigenvalue weighted by atomic mass is 16.4. The Morgan fingerprint density at radius 3 is 2.20 bits per heavy atom. The highest BCUT2D eigenvalue weighted by molar-refractivity contribution is 5.82. The summed E-state index contributed by atoms with van der Waals surface area (Å²) in [5.41, 5.74) is 0.849. The van der Waals surface area contributed by atoms with Gasteiger partial charge in [-0.25, -0.2) is 9.59 Å². The summed E-state index contributed by atoms with van der Waals surface area (Å²) in [4.78, 5) is 24.9. The number of nitrogens with zero attached hydrogens (tertiary/aromatic N) is 2. The Morgan fingerprint density at radius 2 is 1.87 bits per heavy atom. The number of hydrogen-bond acceptors (Lipinski definition) is 2. The summed E-state index contributed by atoms with van der Waals surface area (Å²) in [6, 6.07) is -1.15. The van der Waals surface area contributed by atoms with Crippen molar-refractivity contribution < 1.29 is 14.7 Å². The van der Waals surface area contributed by atoms with Crippen molar-refractivity contribution in [3.63, 3.8) is 0 Å². The predicted octanol–water partition coefficient (Wildman–Crippen LogP) is 1.02. The second-order valence-electron chi connectivity index (χ2n) is 3.72. The van der Waals surface area contributed by atoms with Crippen LogP contribution in [0.2, 0.25) is 0 Å². The standard InChI is InChI=1S/C10H18N2O3/c1-7(2)6-11(4)10(15)12(5)8(3)9(13)14/h8H,1,6H2,2-5H3,(H,13,14). The van der Waals surface area contributed by atoms with Gasteiger partial charge in [-0.3, -0.25) is 0 Å². The lowest BCUT2D eigenvalue weighted by atomic mass is 10.3. The first-order valence-electron chi connectivity index (χ1n) is 4.62. The van der Waals surface area contributed by atoms with Crippen LogP contribution in [0.1, 0.15) is 13.8 Å². The highest BCUT2D eigenvalue weighted by Crippen LogP contribution is 2.02. The van der Waals surface area contributed by atoms with Crippen molar-refractivity contribution in [3.8, 4) is 0 Å². The fraction of sp³-hybridized carbons (Fsp3) is 0.600. The van der Waals surface area contributed by atoms with Gasteiger partial charge in [0.15, 0.2) is 0 Å². The maximum atomic E-state index is 11.7. The maximum Gasteiger partial charge on any atom is 0.326 e. The lowest BCUT2D eigenvalue weighted by molar-refractivity contribution is -0.141. The molecule has 0 heterocycles. The van der Waals surface area contributed by atoms with Gasteiger partial charge >= 0.3 is 12.0 Å². The van der Waals surface area contributed by atoms with Crippen molar-refractivity contribution in [1.82, 2.24) is 9.80 Å². The van der Waals surface area contributed by atoms with E-state index in [2.05, 4.69) is 6.58 Å². The van der Waals surface area contributed by atoms with E-state index in [1.54, 1.807) is 7.05 Å². The van der Waals surface area contributed by atoms with Crippen molar-refractivity contribution in [2.45, 2.75) is 19.9 Å². The Morgan fingerprint density at radius 1 is 1.40 bits per heavy atom. The Balaban J connectivity index is 4.43. The monoisotopic (exact) mass is 214 g/mol. The zero-order valence-electron chi connectivity index (χ0n) is 9.65. The molecule has 1 unspecified atom stereocenters. The molecule has 0 bridgehead atoms. The smallest absolute Gasteiger partial charge is 0.326 e. The van der Waals surface area contributed by atoms with Crippen LogP contribution in [0.4, 0.5) is 4.79 Å². The Labute approximate surface area is 90.0 Å². The van der Waals surface area contributed by atoms with E-state index < -0.39 is 12.0 Å². The SMILES string of the molecule is C=C(C)CN(C)C(=O)N(C)C(C)C(=O)O. The third kappa shape index (κ3) is 4.01. The first kappa shape index (κ1) is 13.5. The number of hydrogen-bond donors (Lipinski definition) is 1. The molecular formula is C10H18N2O3. The van der Waals surface area contributed by atoms with Gasteiger partial charge in [-0.15, -0.1) is 0 Å². The van der Waals surface area contributed by atoms with Crippen LogP contribution in [0.5, 0.6) is 0 Å². The fourth-order valence-corrected chi connectivity index (χ4v) is 1.07. The van der Waals surface area contributed by atoms with Gasteiger partial charge in [0.05, 0.1) is 0 Å². The van der Waals surface area contributed by atoms with Crippen LogP contribution < -0.4 is 0 Å². The second kappa shape index (κ2) is 5.38. The van der Waals surface area contributed by atoms with Crippen LogP contribution in [0.15, 0.2) is 12.2 Å². The topological polar surface area (TPSA) is 60.9 Å². The minimum absolute atomic E-state index is 0.326. The van der Waals surface area contributed by atoms with Crippen molar-refractivity contribution in [3.05, 3.63) is 12.2 Å². The number of amides is 2. The lowest BCUT2D eigenvalue weighted by Crippen LogP contribution is -2.46. The molecule has 86 valence electrons. The normalized spacial score (nSPS) is 11.7. The molecule has 5 nitrogen and oxygen atoms in total. The first-order chi connectivity index (χ1) is 6.77. The molecule has 0 aliphatic heterocycles. The fourth-order valence-electron chi connectivity index (χ4n) is 1.07. The van der Waals surface area contributed by atoms with Crippen molar-refractivity contribution in [1.29, 1.82) is 0 Å². The van der Waals surface area contributed by atoms with E-state index in [0.29, 0.717) is 6.54 Å². The maximum absolute atomic E-state index is 11.7. The van der Waals surface area contributed by atoms with Gasteiger partial charge in [-0.2, -0.15) is 0 Å². The van der Waals surface area contributed by atoms with Crippen LogP contribution in [0.25, 0.3) is 0 Å². The van der Waals surface area contributed by atoms with Crippen LogP contribution in [0, 0.1) is 0 Å². The number of likely N-dealkylation sites (N-methyl/N-ethyl adjacent to an activating group) is 2. The summed E-state index contributed by atoms with van der Waals surface area (Å²) < 4.78 is 0. The van der Waals surface area contributed by atoms with E-state index in [1.165, 1.54) is 23.8 Å². The number of carboxylic acids is 1. The van der Waals surface area contributed by atoms with E-state index in [0.717, 1.165) is 5.57 Å². The number of rotatable bonds is 4. The molecule has 5 heteroatoms. The van der Waals surface area contributed by atoms with E-state index in [9.17, 15) is 9.59 Å². The average molecular weight is 214 g/mol. The molecule has 0 radical (unpaired) electrons. The lowest BCUT2D eigenvalue weighted by Gasteiger charge is -2.27. The molecule has 0 saturated heterocycles. The third-order valence-electron chi connectivity index (χ3n) is 2.07. The number of carboxylic acid groups (broad SMARTS) is 1. The van der Waals surface area contributed by atoms with Crippen molar-refractivity contribution in [2.24, 2.45) is 0 Å². The van der Waals surface area contributed by atoms with Crippen LogP contribution >= 0.6 is 0 Å². The molecule has 0 spiro atoms. The molecular weight excluding hydrogens is 196 g/mol. The summed E-state index contributed by atoms with van der Waals surface area (Å²) in [5.74, 6) is -1.02. The molecule has 0 aromatic heterocycles. The molecule has 0 aromatic carbocycles. The summed E-state index contributed by atoms with van der Waals surface area (Å²) >= 11 is 0. The van der Waals surface area contributed by atoms with Crippen LogP contribution in [-0.2, 0) is 4.79 Å². The minimum atomic E-state index is -1.02. The van der Waals surface area contributed by atoms with Gasteiger partial charge in [0.25, 0.3) is 0 Å². The highest BCUT2D eigenvalue weighted by Gasteiger charge is 2.23. The largest absolute Gasteiger partial charge is 0.480 e. The molecule has 0 aromatic rings. The number of aliphatic carboxylic acids is 1. The van der Waals surface area contributed by atoms with Gasteiger partial charge in [0.1, 0.15) is 6.04 Å². The molecule has 0 fully saturated rings. The molecule has 0 rings (SSSR count). The van der Waals surface area contributed by atoms with Gasteiger partial charge in [0, 0.05) is 20.6 Å². The molecule has 2 amide bonds. The Bertz CT molecular complexity index is 276. The number of carbonyl (C=O) groups is 2. The molecule has 0 aliphatic rings. The molecule has 1 atom stereocenters. The molecule has 15 heavy (non-hydrogen) atoms.